The number of hydrogen-bond donors (Lipinski definition) is 1. The molecule has 2 rings (SSSR count). The number of rotatable bonds is 7. The monoisotopic (exact) mass is 415 g/mol. The predicted molar refractivity (Wildman–Crippen MR) is 101 cm³/mol. The average molecular weight is 416 g/mol. The number of benzene rings is 2. The third kappa shape index (κ3) is 5.43. The number of nitro groups is 1. The maximum Gasteiger partial charge on any atom is 0.273 e. The van der Waals surface area contributed by atoms with E-state index in [-0.39, 0.29) is 18.7 Å². The third-order valence-electron chi connectivity index (χ3n) is 3.21. The normalized spacial score (nSPS) is 10.3. The van der Waals surface area contributed by atoms with Crippen LogP contribution in [0.2, 0.25) is 0 Å². The molecule has 2 aromatic rings. The van der Waals surface area contributed by atoms with Gasteiger partial charge in [0.05, 0.1) is 22.0 Å². The summed E-state index contributed by atoms with van der Waals surface area (Å²) < 4.78 is 6.03. The number of hydrogen-bond acceptors (Lipinski definition) is 5. The van der Waals surface area contributed by atoms with Crippen LogP contribution in [-0.2, 0) is 11.2 Å². The summed E-state index contributed by atoms with van der Waals surface area (Å²) in [5.41, 5.74) is 3.29. The van der Waals surface area contributed by atoms with Gasteiger partial charge >= 0.3 is 0 Å². The first kappa shape index (κ1) is 19.1. The lowest BCUT2D eigenvalue weighted by Gasteiger charge is -2.05. The molecule has 0 saturated heterocycles. The van der Waals surface area contributed by atoms with Crippen molar-refractivity contribution >= 4 is 33.7 Å². The number of carbonyl (C=O) groups excluding carboxylic acids is 1. The van der Waals surface area contributed by atoms with E-state index in [1.54, 1.807) is 30.3 Å². The molecule has 0 saturated carbocycles. The zero-order valence-electron chi connectivity index (χ0n) is 13.5. The molecule has 0 radical (unpaired) electrons. The van der Waals surface area contributed by atoms with Gasteiger partial charge in [-0.05, 0) is 39.7 Å². The number of amides is 1. The van der Waals surface area contributed by atoms with Crippen LogP contribution in [0.5, 0.6) is 5.75 Å². The number of nitrogens with one attached hydrogen (secondary N) is 1. The molecule has 0 bridgehead atoms. The van der Waals surface area contributed by atoms with Crippen LogP contribution in [0.4, 0.5) is 5.69 Å². The Kier molecular flexibility index (Phi) is 6.88. The first-order chi connectivity index (χ1) is 12.5. The molecule has 0 aliphatic carbocycles. The van der Waals surface area contributed by atoms with Crippen LogP contribution in [0.3, 0.4) is 0 Å². The fourth-order valence-electron chi connectivity index (χ4n) is 2.06. The molecule has 0 fully saturated rings. The van der Waals surface area contributed by atoms with Crippen molar-refractivity contribution in [3.05, 3.63) is 68.2 Å². The summed E-state index contributed by atoms with van der Waals surface area (Å²) in [4.78, 5) is 22.3. The molecule has 1 amide bonds. The number of ether oxygens (including phenoxy) is 1. The van der Waals surface area contributed by atoms with Crippen molar-refractivity contribution in [1.82, 2.24) is 5.43 Å². The van der Waals surface area contributed by atoms with Gasteiger partial charge in [0.2, 0.25) is 5.91 Å². The fraction of sp³-hybridized carbons (Fsp3) is 0.111. The average Bonchev–Trinajstić information content (AvgIpc) is 2.61. The quantitative estimate of drug-likeness (QED) is 0.325. The number of terminal acetylenes is 1. The van der Waals surface area contributed by atoms with Crippen molar-refractivity contribution in [3.63, 3.8) is 0 Å². The Bertz CT molecular complexity index is 890. The van der Waals surface area contributed by atoms with E-state index in [2.05, 4.69) is 32.4 Å². The molecule has 2 aromatic carbocycles. The number of carbonyl (C=O) groups is 1. The highest BCUT2D eigenvalue weighted by Crippen LogP contribution is 2.25. The van der Waals surface area contributed by atoms with E-state index >= 15 is 0 Å². The number of halogens is 1. The first-order valence-corrected chi connectivity index (χ1v) is 8.20. The van der Waals surface area contributed by atoms with Crippen molar-refractivity contribution in [3.8, 4) is 18.1 Å². The van der Waals surface area contributed by atoms with Crippen LogP contribution in [0.25, 0.3) is 0 Å². The number of nitrogens with zero attached hydrogens (tertiary/aromatic N) is 2. The van der Waals surface area contributed by atoms with Crippen LogP contribution in [0.1, 0.15) is 11.1 Å². The second-order valence-corrected chi connectivity index (χ2v) is 5.89. The SMILES string of the molecule is C#CCOc1ccc(C=NNC(=O)Cc2ccccc2[N+](=O)[O-])cc1Br. The second-order valence-electron chi connectivity index (χ2n) is 5.04. The summed E-state index contributed by atoms with van der Waals surface area (Å²) >= 11 is 3.36. The number of hydrazone groups is 1. The van der Waals surface area contributed by atoms with Gasteiger partial charge in [0, 0.05) is 11.6 Å². The highest BCUT2D eigenvalue weighted by Gasteiger charge is 2.14. The van der Waals surface area contributed by atoms with E-state index in [9.17, 15) is 14.9 Å². The summed E-state index contributed by atoms with van der Waals surface area (Å²) in [5, 5.41) is 14.8. The Labute approximate surface area is 158 Å². The van der Waals surface area contributed by atoms with Gasteiger partial charge in [0.15, 0.2) is 0 Å². The summed E-state index contributed by atoms with van der Waals surface area (Å²) in [6.07, 6.45) is 6.45. The smallest absolute Gasteiger partial charge is 0.273 e. The second kappa shape index (κ2) is 9.34. The zero-order valence-corrected chi connectivity index (χ0v) is 15.1. The molecule has 0 heterocycles. The molecular formula is C18H14BrN3O4. The summed E-state index contributed by atoms with van der Waals surface area (Å²) in [5.74, 6) is 2.52. The van der Waals surface area contributed by atoms with E-state index in [0.29, 0.717) is 15.8 Å². The molecular weight excluding hydrogens is 402 g/mol. The lowest BCUT2D eigenvalue weighted by molar-refractivity contribution is -0.385. The van der Waals surface area contributed by atoms with Crippen molar-refractivity contribution in [2.45, 2.75) is 6.42 Å². The molecule has 0 unspecified atom stereocenters. The molecule has 8 heteroatoms. The lowest BCUT2D eigenvalue weighted by atomic mass is 10.1. The summed E-state index contributed by atoms with van der Waals surface area (Å²) in [6, 6.07) is 11.3. The topological polar surface area (TPSA) is 93.8 Å². The largest absolute Gasteiger partial charge is 0.480 e. The number of nitro benzene ring substituents is 1. The van der Waals surface area contributed by atoms with Crippen molar-refractivity contribution < 1.29 is 14.5 Å². The Balaban J connectivity index is 1.96. The molecule has 0 spiro atoms. The Morgan fingerprint density at radius 2 is 2.15 bits per heavy atom. The molecule has 7 nitrogen and oxygen atoms in total. The van der Waals surface area contributed by atoms with Gasteiger partial charge in [-0.2, -0.15) is 5.10 Å². The fourth-order valence-corrected chi connectivity index (χ4v) is 2.57. The summed E-state index contributed by atoms with van der Waals surface area (Å²) in [6.45, 7) is 0.160. The summed E-state index contributed by atoms with van der Waals surface area (Å²) in [7, 11) is 0. The maximum absolute atomic E-state index is 11.9. The van der Waals surface area contributed by atoms with Crippen LogP contribution < -0.4 is 10.2 Å². The first-order valence-electron chi connectivity index (χ1n) is 7.41. The highest BCUT2D eigenvalue weighted by atomic mass is 79.9. The molecule has 0 aliphatic rings. The maximum atomic E-state index is 11.9. The minimum Gasteiger partial charge on any atom is -0.480 e. The van der Waals surface area contributed by atoms with Gasteiger partial charge in [-0.1, -0.05) is 24.1 Å². The lowest BCUT2D eigenvalue weighted by Crippen LogP contribution is -2.20. The molecule has 132 valence electrons. The van der Waals surface area contributed by atoms with Gasteiger partial charge in [0.1, 0.15) is 12.4 Å². The van der Waals surface area contributed by atoms with Gasteiger partial charge in [0.25, 0.3) is 5.69 Å². The minimum atomic E-state index is -0.521. The van der Waals surface area contributed by atoms with E-state index in [1.165, 1.54) is 18.3 Å². The standard InChI is InChI=1S/C18H14BrN3O4/c1-2-9-26-17-8-7-13(10-15(17)19)12-20-21-18(23)11-14-5-3-4-6-16(14)22(24)25/h1,3-8,10,12H,9,11H2,(H,21,23). The molecule has 0 atom stereocenters. The Hall–Kier alpha value is -3.18. The van der Waals surface area contributed by atoms with Gasteiger partial charge in [-0.3, -0.25) is 14.9 Å². The minimum absolute atomic E-state index is 0.0990. The van der Waals surface area contributed by atoms with Gasteiger partial charge < -0.3 is 4.74 Å². The third-order valence-corrected chi connectivity index (χ3v) is 3.83. The van der Waals surface area contributed by atoms with Crippen molar-refractivity contribution in [2.75, 3.05) is 6.61 Å². The Morgan fingerprint density at radius 3 is 2.85 bits per heavy atom. The zero-order chi connectivity index (χ0) is 18.9. The number of para-hydroxylation sites is 1. The predicted octanol–water partition coefficient (Wildman–Crippen LogP) is 3.06. The van der Waals surface area contributed by atoms with Crippen molar-refractivity contribution in [2.24, 2.45) is 5.10 Å². The van der Waals surface area contributed by atoms with Crippen molar-refractivity contribution in [1.29, 1.82) is 0 Å². The molecule has 0 aliphatic heterocycles. The van der Waals surface area contributed by atoms with E-state index in [1.807, 2.05) is 0 Å². The van der Waals surface area contributed by atoms with E-state index in [0.717, 1.165) is 5.56 Å². The van der Waals surface area contributed by atoms with E-state index < -0.39 is 10.8 Å². The van der Waals surface area contributed by atoms with Gasteiger partial charge in [-0.25, -0.2) is 5.43 Å². The van der Waals surface area contributed by atoms with Crippen LogP contribution in [0, 0.1) is 22.5 Å². The van der Waals surface area contributed by atoms with Crippen LogP contribution in [-0.4, -0.2) is 23.7 Å². The molecule has 26 heavy (non-hydrogen) atoms. The van der Waals surface area contributed by atoms with Gasteiger partial charge in [-0.15, -0.1) is 6.42 Å². The Morgan fingerprint density at radius 1 is 1.38 bits per heavy atom. The molecule has 0 aromatic heterocycles. The molecule has 1 N–H and O–H groups in total. The highest BCUT2D eigenvalue weighted by molar-refractivity contribution is 9.10. The van der Waals surface area contributed by atoms with Crippen LogP contribution >= 0.6 is 15.9 Å². The van der Waals surface area contributed by atoms with E-state index in [4.69, 9.17) is 11.2 Å². The van der Waals surface area contributed by atoms with Crippen LogP contribution in [0.15, 0.2) is 52.0 Å².